The van der Waals surface area contributed by atoms with Gasteiger partial charge >= 0.3 is 0 Å². The molecular weight excluding hydrogens is 314 g/mol. The largest absolute Gasteiger partial charge is 0.371 e. The van der Waals surface area contributed by atoms with Crippen molar-refractivity contribution in [3.63, 3.8) is 0 Å². The minimum atomic E-state index is -0.620. The molecule has 138 valence electrons. The standard InChI is InChI=1S/C19H31N5O/c1-3-4-9-19(17(25)23(2)18(20)22-19)16-6-5-12-24(14-16)13-15-7-10-21-11-8-15/h7-8,10-11,16-17,25H,3-6,9,12-14H2,1-2H3,(H2,20,22)/t16?,17-,19-/m1/s1. The first-order valence-electron chi connectivity index (χ1n) is 9.44. The van der Waals surface area contributed by atoms with Crippen LogP contribution in [0.1, 0.15) is 44.6 Å². The Morgan fingerprint density at radius 2 is 2.12 bits per heavy atom. The molecule has 3 N–H and O–H groups in total. The Bertz CT molecular complexity index is 593. The molecule has 25 heavy (non-hydrogen) atoms. The number of aromatic nitrogens is 1. The summed E-state index contributed by atoms with van der Waals surface area (Å²) in [7, 11) is 1.84. The van der Waals surface area contributed by atoms with Crippen molar-refractivity contribution in [3.05, 3.63) is 30.1 Å². The molecule has 1 fully saturated rings. The van der Waals surface area contributed by atoms with Gasteiger partial charge in [0, 0.05) is 38.4 Å². The first-order chi connectivity index (χ1) is 12.1. The molecule has 2 aliphatic rings. The second-order valence-electron chi connectivity index (χ2n) is 7.48. The predicted molar refractivity (Wildman–Crippen MR) is 99.9 cm³/mol. The number of rotatable bonds is 6. The third kappa shape index (κ3) is 3.65. The maximum absolute atomic E-state index is 10.9. The number of nitrogens with two attached hydrogens (primary N) is 1. The fourth-order valence-corrected chi connectivity index (χ4v) is 4.32. The van der Waals surface area contributed by atoms with Gasteiger partial charge in [0.2, 0.25) is 0 Å². The van der Waals surface area contributed by atoms with E-state index in [-0.39, 0.29) is 0 Å². The minimum Gasteiger partial charge on any atom is -0.371 e. The lowest BCUT2D eigenvalue weighted by Crippen LogP contribution is -2.54. The number of aliphatic imine (C=N–C) groups is 1. The normalized spacial score (nSPS) is 30.5. The number of aliphatic hydroxyl groups excluding tert-OH is 1. The molecule has 1 saturated heterocycles. The predicted octanol–water partition coefficient (Wildman–Crippen LogP) is 1.80. The molecule has 6 heteroatoms. The van der Waals surface area contributed by atoms with Crippen molar-refractivity contribution in [2.75, 3.05) is 20.1 Å². The van der Waals surface area contributed by atoms with Crippen molar-refractivity contribution in [3.8, 4) is 0 Å². The topological polar surface area (TPSA) is 78.0 Å². The van der Waals surface area contributed by atoms with E-state index in [9.17, 15) is 5.11 Å². The second-order valence-corrected chi connectivity index (χ2v) is 7.48. The van der Waals surface area contributed by atoms with Gasteiger partial charge in [-0.05, 0) is 43.5 Å². The number of aliphatic hydroxyl groups is 1. The second kappa shape index (κ2) is 7.70. The molecule has 0 saturated carbocycles. The van der Waals surface area contributed by atoms with Gasteiger partial charge in [-0.2, -0.15) is 0 Å². The smallest absolute Gasteiger partial charge is 0.193 e. The summed E-state index contributed by atoms with van der Waals surface area (Å²) in [6.07, 6.45) is 8.35. The summed E-state index contributed by atoms with van der Waals surface area (Å²) in [4.78, 5) is 13.1. The average Bonchev–Trinajstić information content (AvgIpc) is 2.86. The molecule has 3 rings (SSSR count). The van der Waals surface area contributed by atoms with Crippen molar-refractivity contribution in [2.45, 2.75) is 57.3 Å². The molecule has 0 radical (unpaired) electrons. The minimum absolute atomic E-state index is 0.327. The maximum Gasteiger partial charge on any atom is 0.193 e. The van der Waals surface area contributed by atoms with E-state index in [1.165, 1.54) is 5.56 Å². The summed E-state index contributed by atoms with van der Waals surface area (Å²) in [6, 6.07) is 4.15. The van der Waals surface area contributed by atoms with Gasteiger partial charge < -0.3 is 15.7 Å². The molecular formula is C19H31N5O. The van der Waals surface area contributed by atoms with Crippen molar-refractivity contribution in [1.29, 1.82) is 0 Å². The van der Waals surface area contributed by atoms with Crippen LogP contribution in [0.4, 0.5) is 0 Å². The highest BCUT2D eigenvalue weighted by Gasteiger charge is 2.51. The van der Waals surface area contributed by atoms with Gasteiger partial charge in [0.1, 0.15) is 5.54 Å². The summed E-state index contributed by atoms with van der Waals surface area (Å²) >= 11 is 0. The van der Waals surface area contributed by atoms with Crippen LogP contribution < -0.4 is 5.73 Å². The van der Waals surface area contributed by atoms with Crippen molar-refractivity contribution in [2.24, 2.45) is 16.6 Å². The molecule has 1 unspecified atom stereocenters. The van der Waals surface area contributed by atoms with Crippen LogP contribution in [0.15, 0.2) is 29.5 Å². The number of hydrogen-bond donors (Lipinski definition) is 2. The summed E-state index contributed by atoms with van der Waals surface area (Å²) in [5.41, 5.74) is 6.89. The summed E-state index contributed by atoms with van der Waals surface area (Å²) < 4.78 is 0. The Balaban J connectivity index is 1.77. The maximum atomic E-state index is 10.9. The fraction of sp³-hybridized carbons (Fsp3) is 0.684. The molecule has 1 aromatic heterocycles. The van der Waals surface area contributed by atoms with Gasteiger partial charge in [-0.25, -0.2) is 4.99 Å². The van der Waals surface area contributed by atoms with Crippen LogP contribution in [-0.4, -0.2) is 57.8 Å². The number of unbranched alkanes of at least 4 members (excludes halogenated alkanes) is 1. The van der Waals surface area contributed by atoms with Gasteiger partial charge in [-0.15, -0.1) is 0 Å². The molecule has 3 atom stereocenters. The number of pyridine rings is 1. The van der Waals surface area contributed by atoms with E-state index in [2.05, 4.69) is 28.9 Å². The Hall–Kier alpha value is -1.66. The number of hydrogen-bond acceptors (Lipinski definition) is 6. The van der Waals surface area contributed by atoms with E-state index in [0.717, 1.165) is 51.7 Å². The summed E-state index contributed by atoms with van der Waals surface area (Å²) in [6.45, 7) is 5.15. The van der Waals surface area contributed by atoms with E-state index in [4.69, 9.17) is 10.7 Å². The zero-order valence-corrected chi connectivity index (χ0v) is 15.4. The molecule has 0 amide bonds. The van der Waals surface area contributed by atoms with Crippen molar-refractivity contribution < 1.29 is 5.11 Å². The van der Waals surface area contributed by atoms with Crippen LogP contribution in [0.2, 0.25) is 0 Å². The number of likely N-dealkylation sites (N-methyl/N-ethyl adjacent to an activating group) is 1. The average molecular weight is 345 g/mol. The summed E-state index contributed by atoms with van der Waals surface area (Å²) in [5, 5.41) is 10.9. The molecule has 0 bridgehead atoms. The number of nitrogens with zero attached hydrogens (tertiary/aromatic N) is 4. The summed E-state index contributed by atoms with van der Waals surface area (Å²) in [5.74, 6) is 0.794. The lowest BCUT2D eigenvalue weighted by molar-refractivity contribution is -0.0332. The van der Waals surface area contributed by atoms with E-state index >= 15 is 0 Å². The van der Waals surface area contributed by atoms with E-state index in [1.807, 2.05) is 19.4 Å². The zero-order chi connectivity index (χ0) is 17.9. The highest BCUT2D eigenvalue weighted by molar-refractivity contribution is 5.80. The van der Waals surface area contributed by atoms with Gasteiger partial charge in [0.15, 0.2) is 12.2 Å². The van der Waals surface area contributed by atoms with E-state index in [1.54, 1.807) is 4.90 Å². The Morgan fingerprint density at radius 3 is 2.76 bits per heavy atom. The molecule has 0 spiro atoms. The molecule has 6 nitrogen and oxygen atoms in total. The zero-order valence-electron chi connectivity index (χ0n) is 15.4. The molecule has 0 aliphatic carbocycles. The van der Waals surface area contributed by atoms with E-state index in [0.29, 0.717) is 11.9 Å². The third-order valence-corrected chi connectivity index (χ3v) is 5.80. The van der Waals surface area contributed by atoms with Gasteiger partial charge in [0.05, 0.1) is 0 Å². The van der Waals surface area contributed by atoms with Crippen LogP contribution >= 0.6 is 0 Å². The number of piperidine rings is 1. The molecule has 2 aliphatic heterocycles. The van der Waals surface area contributed by atoms with E-state index < -0.39 is 11.8 Å². The number of likely N-dealkylation sites (tertiary alicyclic amines) is 1. The number of guanidine groups is 1. The van der Waals surface area contributed by atoms with Crippen LogP contribution in [0, 0.1) is 5.92 Å². The Morgan fingerprint density at radius 1 is 1.36 bits per heavy atom. The first kappa shape index (κ1) is 18.1. The van der Waals surface area contributed by atoms with Crippen LogP contribution in [0.3, 0.4) is 0 Å². The lowest BCUT2D eigenvalue weighted by Gasteiger charge is -2.44. The highest BCUT2D eigenvalue weighted by Crippen LogP contribution is 2.41. The Kier molecular flexibility index (Phi) is 5.59. The quantitative estimate of drug-likeness (QED) is 0.822. The van der Waals surface area contributed by atoms with Crippen molar-refractivity contribution in [1.82, 2.24) is 14.8 Å². The van der Waals surface area contributed by atoms with Gasteiger partial charge in [-0.3, -0.25) is 9.88 Å². The molecule has 0 aromatic carbocycles. The fourth-order valence-electron chi connectivity index (χ4n) is 4.32. The Labute approximate surface area is 150 Å². The molecule has 3 heterocycles. The van der Waals surface area contributed by atoms with Crippen LogP contribution in [0.5, 0.6) is 0 Å². The SMILES string of the molecule is CCCC[C@]1(C2CCCN(Cc3ccncc3)C2)N=C(N)N(C)[C@@H]1O. The lowest BCUT2D eigenvalue weighted by atomic mass is 9.75. The highest BCUT2D eigenvalue weighted by atomic mass is 16.3. The van der Waals surface area contributed by atoms with Crippen molar-refractivity contribution >= 4 is 5.96 Å². The van der Waals surface area contributed by atoms with Gasteiger partial charge in [-0.1, -0.05) is 19.8 Å². The third-order valence-electron chi connectivity index (χ3n) is 5.80. The molecule has 1 aromatic rings. The monoisotopic (exact) mass is 345 g/mol. The van der Waals surface area contributed by atoms with Crippen LogP contribution in [-0.2, 0) is 6.54 Å². The first-order valence-corrected chi connectivity index (χ1v) is 9.44. The van der Waals surface area contributed by atoms with Gasteiger partial charge in [0.25, 0.3) is 0 Å². The van der Waals surface area contributed by atoms with Crippen LogP contribution in [0.25, 0.3) is 0 Å².